The molecule has 0 atom stereocenters. The predicted octanol–water partition coefficient (Wildman–Crippen LogP) is 6.04. The molecular weight excluding hydrogens is 427 g/mol. The van der Waals surface area contributed by atoms with E-state index in [1.54, 1.807) is 18.3 Å². The Balaban J connectivity index is 1.49. The molecule has 0 spiro atoms. The van der Waals surface area contributed by atoms with Crippen LogP contribution in [0.4, 0.5) is 10.1 Å². The van der Waals surface area contributed by atoms with E-state index in [0.29, 0.717) is 11.3 Å². The molecule has 0 bridgehead atoms. The van der Waals surface area contributed by atoms with Crippen LogP contribution in [-0.2, 0) is 0 Å². The number of aromatic amines is 2. The first-order valence-electron chi connectivity index (χ1n) is 10.9. The summed E-state index contributed by atoms with van der Waals surface area (Å²) in [6.45, 7) is 0. The minimum atomic E-state index is -0.298. The molecule has 0 radical (unpaired) electrons. The molecule has 0 fully saturated rings. The number of aromatic nitrogens is 5. The van der Waals surface area contributed by atoms with Gasteiger partial charge in [-0.2, -0.15) is 5.10 Å². The van der Waals surface area contributed by atoms with Crippen LogP contribution in [0.15, 0.2) is 79.3 Å². The van der Waals surface area contributed by atoms with Crippen molar-refractivity contribution in [3.05, 3.63) is 85.1 Å². The number of rotatable bonds is 4. The van der Waals surface area contributed by atoms with E-state index in [4.69, 9.17) is 0 Å². The minimum absolute atomic E-state index is 0.298. The van der Waals surface area contributed by atoms with Crippen LogP contribution in [0.25, 0.3) is 55.6 Å². The van der Waals surface area contributed by atoms with Crippen molar-refractivity contribution in [2.45, 2.75) is 0 Å². The molecule has 0 saturated heterocycles. The lowest BCUT2D eigenvalue weighted by Gasteiger charge is -2.13. The number of nitrogens with one attached hydrogen (secondary N) is 2. The summed E-state index contributed by atoms with van der Waals surface area (Å²) in [5.74, 6) is -0.298. The van der Waals surface area contributed by atoms with E-state index in [0.717, 1.165) is 50.0 Å². The van der Waals surface area contributed by atoms with Crippen molar-refractivity contribution in [1.29, 1.82) is 0 Å². The van der Waals surface area contributed by atoms with E-state index in [1.807, 2.05) is 55.7 Å². The first-order valence-corrected chi connectivity index (χ1v) is 10.9. The summed E-state index contributed by atoms with van der Waals surface area (Å²) in [7, 11) is 4.00. The van der Waals surface area contributed by atoms with Gasteiger partial charge in [0, 0.05) is 53.9 Å². The van der Waals surface area contributed by atoms with Crippen LogP contribution in [-0.4, -0.2) is 39.2 Å². The van der Waals surface area contributed by atoms with Gasteiger partial charge in [0.25, 0.3) is 0 Å². The lowest BCUT2D eigenvalue weighted by atomic mass is 10.0. The summed E-state index contributed by atoms with van der Waals surface area (Å²) in [5, 5.41) is 9.54. The number of fused-ring (bicyclic) bond motifs is 2. The Labute approximate surface area is 195 Å². The zero-order chi connectivity index (χ0) is 23.2. The lowest BCUT2D eigenvalue weighted by Crippen LogP contribution is -2.08. The highest BCUT2D eigenvalue weighted by molar-refractivity contribution is 6.00. The summed E-state index contributed by atoms with van der Waals surface area (Å²) in [6.07, 6.45) is 5.40. The summed E-state index contributed by atoms with van der Waals surface area (Å²) in [6, 6.07) is 18.9. The van der Waals surface area contributed by atoms with Gasteiger partial charge in [-0.05, 0) is 48.0 Å². The van der Waals surface area contributed by atoms with Gasteiger partial charge in [-0.1, -0.05) is 18.2 Å². The maximum absolute atomic E-state index is 14.5. The molecule has 6 nitrogen and oxygen atoms in total. The monoisotopic (exact) mass is 448 g/mol. The van der Waals surface area contributed by atoms with Crippen LogP contribution in [0.5, 0.6) is 0 Å². The average molecular weight is 449 g/mol. The SMILES string of the molecule is CN(C)c1cncc(-c2ccc3[nH]nc(-c4cc5c(-c6ccccc6F)nccc5[nH]4)c3c2)c1. The molecule has 0 aliphatic rings. The topological polar surface area (TPSA) is 73.5 Å². The normalized spacial score (nSPS) is 11.4. The largest absolute Gasteiger partial charge is 0.376 e. The first-order chi connectivity index (χ1) is 16.6. The third kappa shape index (κ3) is 3.29. The van der Waals surface area contributed by atoms with Crippen LogP contribution in [0.2, 0.25) is 0 Å². The molecule has 34 heavy (non-hydrogen) atoms. The van der Waals surface area contributed by atoms with E-state index >= 15 is 0 Å². The number of anilines is 1. The molecule has 0 aliphatic heterocycles. The van der Waals surface area contributed by atoms with Crippen LogP contribution >= 0.6 is 0 Å². The Morgan fingerprint density at radius 3 is 2.53 bits per heavy atom. The second kappa shape index (κ2) is 7.81. The fourth-order valence-corrected chi connectivity index (χ4v) is 4.28. The number of benzene rings is 2. The number of H-pyrrole nitrogens is 2. The Bertz CT molecular complexity index is 1660. The van der Waals surface area contributed by atoms with Crippen molar-refractivity contribution < 1.29 is 4.39 Å². The maximum Gasteiger partial charge on any atom is 0.132 e. The number of hydrogen-bond acceptors (Lipinski definition) is 4. The number of halogens is 1. The van der Waals surface area contributed by atoms with Crippen molar-refractivity contribution in [2.75, 3.05) is 19.0 Å². The van der Waals surface area contributed by atoms with Gasteiger partial charge in [-0.3, -0.25) is 15.1 Å². The highest BCUT2D eigenvalue weighted by Gasteiger charge is 2.16. The van der Waals surface area contributed by atoms with Gasteiger partial charge in [-0.25, -0.2) is 4.39 Å². The molecule has 0 saturated carbocycles. The molecule has 4 heterocycles. The van der Waals surface area contributed by atoms with Gasteiger partial charge in [0.2, 0.25) is 0 Å². The standard InChI is InChI=1S/C27H21FN6/c1-34(2)18-11-17(14-29-15-18)16-7-8-24-20(12-16)27(33-32-24)25-13-21-23(31-25)9-10-30-26(21)19-5-3-4-6-22(19)28/h3-15,31H,1-2H3,(H,32,33). The third-order valence-corrected chi connectivity index (χ3v) is 6.07. The fraction of sp³-hybridized carbons (Fsp3) is 0.0741. The van der Waals surface area contributed by atoms with E-state index in [1.165, 1.54) is 6.07 Å². The van der Waals surface area contributed by atoms with Gasteiger partial charge in [-0.15, -0.1) is 0 Å². The molecule has 0 aliphatic carbocycles. The molecule has 2 N–H and O–H groups in total. The summed E-state index contributed by atoms with van der Waals surface area (Å²) in [4.78, 5) is 14.3. The Kier molecular flexibility index (Phi) is 4.62. The zero-order valence-corrected chi connectivity index (χ0v) is 18.7. The third-order valence-electron chi connectivity index (χ3n) is 6.07. The number of nitrogens with zero attached hydrogens (tertiary/aromatic N) is 4. The van der Waals surface area contributed by atoms with E-state index in [9.17, 15) is 4.39 Å². The Morgan fingerprint density at radius 2 is 1.68 bits per heavy atom. The Hall–Kier alpha value is -4.52. The maximum atomic E-state index is 14.5. The van der Waals surface area contributed by atoms with Crippen molar-refractivity contribution in [3.63, 3.8) is 0 Å². The van der Waals surface area contributed by atoms with Crippen molar-refractivity contribution >= 4 is 27.5 Å². The molecule has 4 aromatic heterocycles. The van der Waals surface area contributed by atoms with Gasteiger partial charge in [0.15, 0.2) is 0 Å². The molecule has 2 aromatic carbocycles. The zero-order valence-electron chi connectivity index (χ0n) is 18.7. The van der Waals surface area contributed by atoms with Crippen LogP contribution in [0.3, 0.4) is 0 Å². The van der Waals surface area contributed by atoms with Gasteiger partial charge in [0.1, 0.15) is 11.5 Å². The Morgan fingerprint density at radius 1 is 0.824 bits per heavy atom. The van der Waals surface area contributed by atoms with E-state index in [-0.39, 0.29) is 5.82 Å². The van der Waals surface area contributed by atoms with E-state index in [2.05, 4.69) is 43.3 Å². The lowest BCUT2D eigenvalue weighted by molar-refractivity contribution is 0.631. The molecule has 7 heteroatoms. The highest BCUT2D eigenvalue weighted by Crippen LogP contribution is 2.35. The summed E-state index contributed by atoms with van der Waals surface area (Å²) >= 11 is 0. The summed E-state index contributed by atoms with van der Waals surface area (Å²) < 4.78 is 14.5. The molecule has 0 unspecified atom stereocenters. The van der Waals surface area contributed by atoms with Crippen molar-refractivity contribution in [1.82, 2.24) is 25.1 Å². The number of pyridine rings is 2. The molecule has 6 rings (SSSR count). The molecular formula is C27H21FN6. The second-order valence-electron chi connectivity index (χ2n) is 8.44. The highest BCUT2D eigenvalue weighted by atomic mass is 19.1. The smallest absolute Gasteiger partial charge is 0.132 e. The van der Waals surface area contributed by atoms with Crippen LogP contribution < -0.4 is 4.90 Å². The van der Waals surface area contributed by atoms with Gasteiger partial charge in [0.05, 0.1) is 28.8 Å². The number of hydrogen-bond donors (Lipinski definition) is 2. The fourth-order valence-electron chi connectivity index (χ4n) is 4.28. The average Bonchev–Trinajstić information content (AvgIpc) is 3.48. The first kappa shape index (κ1) is 20.1. The minimum Gasteiger partial charge on any atom is -0.376 e. The van der Waals surface area contributed by atoms with Crippen LogP contribution in [0, 0.1) is 5.82 Å². The van der Waals surface area contributed by atoms with Gasteiger partial charge >= 0.3 is 0 Å². The predicted molar refractivity (Wildman–Crippen MR) is 134 cm³/mol. The quantitative estimate of drug-likeness (QED) is 0.345. The van der Waals surface area contributed by atoms with Crippen molar-refractivity contribution in [2.24, 2.45) is 0 Å². The van der Waals surface area contributed by atoms with Crippen LogP contribution in [0.1, 0.15) is 0 Å². The summed E-state index contributed by atoms with van der Waals surface area (Å²) in [5.41, 5.74) is 7.63. The van der Waals surface area contributed by atoms with Crippen molar-refractivity contribution in [3.8, 4) is 33.8 Å². The van der Waals surface area contributed by atoms with E-state index < -0.39 is 0 Å². The molecule has 0 amide bonds. The second-order valence-corrected chi connectivity index (χ2v) is 8.44. The van der Waals surface area contributed by atoms with Gasteiger partial charge < -0.3 is 9.88 Å². The molecule has 166 valence electrons. The molecule has 6 aromatic rings.